The van der Waals surface area contributed by atoms with Crippen molar-refractivity contribution >= 4 is 17.3 Å². The lowest BCUT2D eigenvalue weighted by Crippen LogP contribution is -2.39. The van der Waals surface area contributed by atoms with E-state index in [4.69, 9.17) is 0 Å². The van der Waals surface area contributed by atoms with E-state index in [1.807, 2.05) is 16.8 Å². The summed E-state index contributed by atoms with van der Waals surface area (Å²) in [5.41, 5.74) is 0.579. The van der Waals surface area contributed by atoms with Crippen molar-refractivity contribution in [3.05, 3.63) is 57.8 Å². The maximum absolute atomic E-state index is 13.1. The lowest BCUT2D eigenvalue weighted by molar-refractivity contribution is -0.143. The third-order valence-corrected chi connectivity index (χ3v) is 5.00. The second kappa shape index (κ2) is 6.57. The van der Waals surface area contributed by atoms with E-state index in [0.717, 1.165) is 24.1 Å². The molecular formula is C17H16F3NO2S. The molecule has 2 unspecified atom stereocenters. The maximum atomic E-state index is 13.1. The summed E-state index contributed by atoms with van der Waals surface area (Å²) in [6, 6.07) is 5.85. The predicted octanol–water partition coefficient (Wildman–Crippen LogP) is 4.41. The number of carboxylic acids is 1. The molecule has 0 amide bonds. The van der Waals surface area contributed by atoms with Crippen LogP contribution in [0.2, 0.25) is 0 Å². The first-order chi connectivity index (χ1) is 11.4. The van der Waals surface area contributed by atoms with Gasteiger partial charge in [0.1, 0.15) is 6.04 Å². The highest BCUT2D eigenvalue weighted by Crippen LogP contribution is 2.38. The fourth-order valence-corrected chi connectivity index (χ4v) is 3.93. The van der Waals surface area contributed by atoms with Gasteiger partial charge in [0.15, 0.2) is 0 Å². The van der Waals surface area contributed by atoms with Crippen molar-refractivity contribution < 1.29 is 23.1 Å². The highest BCUT2D eigenvalue weighted by atomic mass is 32.1. The molecule has 24 heavy (non-hydrogen) atoms. The summed E-state index contributed by atoms with van der Waals surface area (Å²) in [4.78, 5) is 13.3. The van der Waals surface area contributed by atoms with Gasteiger partial charge in [-0.3, -0.25) is 9.69 Å². The standard InChI is InChI=1S/C17H16F3NO2S/c18-17(19,20)13-4-1-3-11(9-13)15(12-6-8-24-10-12)21-7-2-5-14(21)16(22)23/h1,3-4,6,8-10,14-15H,2,5,7H2,(H,22,23). The summed E-state index contributed by atoms with van der Waals surface area (Å²) < 4.78 is 39.2. The van der Waals surface area contributed by atoms with Gasteiger partial charge in [0.25, 0.3) is 0 Å². The first kappa shape index (κ1) is 17.0. The molecule has 0 aliphatic carbocycles. The maximum Gasteiger partial charge on any atom is 0.416 e. The van der Waals surface area contributed by atoms with Crippen LogP contribution in [0.15, 0.2) is 41.1 Å². The van der Waals surface area contributed by atoms with E-state index in [2.05, 4.69) is 0 Å². The molecule has 1 aliphatic rings. The lowest BCUT2D eigenvalue weighted by atomic mass is 9.96. The Kier molecular flexibility index (Phi) is 4.64. The Hall–Kier alpha value is -1.86. The third-order valence-electron chi connectivity index (χ3n) is 4.30. The van der Waals surface area contributed by atoms with E-state index < -0.39 is 29.8 Å². The van der Waals surface area contributed by atoms with Gasteiger partial charge in [0, 0.05) is 6.54 Å². The number of benzene rings is 1. The van der Waals surface area contributed by atoms with Gasteiger partial charge in [0.05, 0.1) is 11.6 Å². The largest absolute Gasteiger partial charge is 0.480 e. The van der Waals surface area contributed by atoms with Gasteiger partial charge >= 0.3 is 12.1 Å². The summed E-state index contributed by atoms with van der Waals surface area (Å²) in [6.07, 6.45) is -3.20. The summed E-state index contributed by atoms with van der Waals surface area (Å²) in [5.74, 6) is -0.931. The molecule has 1 aromatic carbocycles. The zero-order chi connectivity index (χ0) is 17.3. The number of alkyl halides is 3. The fraction of sp³-hybridized carbons (Fsp3) is 0.353. The van der Waals surface area contributed by atoms with Gasteiger partial charge in [-0.15, -0.1) is 0 Å². The Morgan fingerprint density at radius 1 is 1.29 bits per heavy atom. The molecule has 7 heteroatoms. The zero-order valence-corrected chi connectivity index (χ0v) is 13.5. The number of aliphatic carboxylic acids is 1. The molecule has 1 saturated heterocycles. The predicted molar refractivity (Wildman–Crippen MR) is 85.0 cm³/mol. The van der Waals surface area contributed by atoms with Crippen LogP contribution in [-0.4, -0.2) is 28.6 Å². The van der Waals surface area contributed by atoms with Crippen molar-refractivity contribution in [2.24, 2.45) is 0 Å². The molecule has 0 bridgehead atoms. The monoisotopic (exact) mass is 355 g/mol. The van der Waals surface area contributed by atoms with Crippen LogP contribution in [-0.2, 0) is 11.0 Å². The summed E-state index contributed by atoms with van der Waals surface area (Å²) in [6.45, 7) is 0.549. The molecule has 1 fully saturated rings. The van der Waals surface area contributed by atoms with Crippen LogP contribution in [0.3, 0.4) is 0 Å². The first-order valence-electron chi connectivity index (χ1n) is 7.56. The third kappa shape index (κ3) is 3.32. The number of likely N-dealkylation sites (tertiary alicyclic amines) is 1. The number of carboxylic acid groups (broad SMARTS) is 1. The molecule has 0 saturated carbocycles. The zero-order valence-electron chi connectivity index (χ0n) is 12.7. The molecule has 2 aromatic rings. The summed E-state index contributed by atoms with van der Waals surface area (Å²) in [7, 11) is 0. The fourth-order valence-electron chi connectivity index (χ4n) is 3.25. The van der Waals surface area contributed by atoms with Crippen LogP contribution in [0.5, 0.6) is 0 Å². The van der Waals surface area contributed by atoms with E-state index in [9.17, 15) is 23.1 Å². The van der Waals surface area contributed by atoms with Crippen LogP contribution in [0.4, 0.5) is 13.2 Å². The molecule has 1 aromatic heterocycles. The average Bonchev–Trinajstić information content (AvgIpc) is 3.19. The van der Waals surface area contributed by atoms with Gasteiger partial charge in [-0.2, -0.15) is 24.5 Å². The highest BCUT2D eigenvalue weighted by Gasteiger charge is 2.38. The van der Waals surface area contributed by atoms with Gasteiger partial charge in [-0.1, -0.05) is 12.1 Å². The normalized spacial score (nSPS) is 20.2. The van der Waals surface area contributed by atoms with Crippen molar-refractivity contribution in [1.82, 2.24) is 4.90 Å². The molecule has 0 spiro atoms. The van der Waals surface area contributed by atoms with Gasteiger partial charge < -0.3 is 5.11 Å². The highest BCUT2D eigenvalue weighted by molar-refractivity contribution is 7.08. The van der Waals surface area contributed by atoms with E-state index >= 15 is 0 Å². The number of nitrogens with zero attached hydrogens (tertiary/aromatic N) is 1. The van der Waals surface area contributed by atoms with Crippen molar-refractivity contribution in [2.45, 2.75) is 31.1 Å². The van der Waals surface area contributed by atoms with Crippen molar-refractivity contribution in [2.75, 3.05) is 6.54 Å². The Balaban J connectivity index is 2.05. The van der Waals surface area contributed by atoms with Crippen LogP contribution in [0.25, 0.3) is 0 Å². The minimum absolute atomic E-state index is 0.469. The number of hydrogen-bond acceptors (Lipinski definition) is 3. The van der Waals surface area contributed by atoms with Crippen LogP contribution in [0, 0.1) is 0 Å². The van der Waals surface area contributed by atoms with Crippen LogP contribution < -0.4 is 0 Å². The van der Waals surface area contributed by atoms with E-state index in [0.29, 0.717) is 18.5 Å². The average molecular weight is 355 g/mol. The van der Waals surface area contributed by atoms with E-state index in [-0.39, 0.29) is 0 Å². The first-order valence-corrected chi connectivity index (χ1v) is 8.50. The Bertz CT molecular complexity index is 715. The summed E-state index contributed by atoms with van der Waals surface area (Å²) >= 11 is 1.44. The van der Waals surface area contributed by atoms with E-state index in [1.165, 1.54) is 17.4 Å². The Morgan fingerprint density at radius 3 is 2.71 bits per heavy atom. The van der Waals surface area contributed by atoms with Crippen molar-refractivity contribution in [3.63, 3.8) is 0 Å². The number of thiophene rings is 1. The van der Waals surface area contributed by atoms with E-state index in [1.54, 1.807) is 11.0 Å². The molecule has 3 rings (SSSR count). The van der Waals surface area contributed by atoms with Gasteiger partial charge in [-0.25, -0.2) is 0 Å². The molecule has 3 nitrogen and oxygen atoms in total. The molecule has 0 radical (unpaired) electrons. The Labute approximate surface area is 141 Å². The SMILES string of the molecule is O=C(O)C1CCCN1C(c1ccsc1)c1cccc(C(F)(F)F)c1. The minimum Gasteiger partial charge on any atom is -0.480 e. The van der Waals surface area contributed by atoms with Crippen molar-refractivity contribution in [3.8, 4) is 0 Å². The lowest BCUT2D eigenvalue weighted by Gasteiger charge is -2.31. The quantitative estimate of drug-likeness (QED) is 0.883. The second-order valence-electron chi connectivity index (χ2n) is 5.82. The second-order valence-corrected chi connectivity index (χ2v) is 6.60. The van der Waals surface area contributed by atoms with Gasteiger partial charge in [0.2, 0.25) is 0 Å². The van der Waals surface area contributed by atoms with Crippen LogP contribution in [0.1, 0.15) is 35.6 Å². The molecule has 2 atom stereocenters. The van der Waals surface area contributed by atoms with Gasteiger partial charge in [-0.05, 0) is 52.9 Å². The smallest absolute Gasteiger partial charge is 0.416 e. The summed E-state index contributed by atoms with van der Waals surface area (Å²) in [5, 5.41) is 13.2. The molecule has 1 aliphatic heterocycles. The number of hydrogen-bond donors (Lipinski definition) is 1. The van der Waals surface area contributed by atoms with Crippen molar-refractivity contribution in [1.29, 1.82) is 0 Å². The molecule has 1 N–H and O–H groups in total. The minimum atomic E-state index is -4.42. The molecular weight excluding hydrogens is 339 g/mol. The molecule has 2 heterocycles. The van der Waals surface area contributed by atoms with Crippen LogP contribution >= 0.6 is 11.3 Å². The number of carbonyl (C=O) groups is 1. The number of rotatable bonds is 4. The Morgan fingerprint density at radius 2 is 2.08 bits per heavy atom. The number of halogens is 3. The molecule has 128 valence electrons. The topological polar surface area (TPSA) is 40.5 Å².